The van der Waals surface area contributed by atoms with Gasteiger partial charge in [0, 0.05) is 11.8 Å². The largest absolute Gasteiger partial charge is 0.506 e. The average molecular weight is 302 g/mol. The van der Waals surface area contributed by atoms with Gasteiger partial charge in [0.2, 0.25) is 0 Å². The van der Waals surface area contributed by atoms with Crippen molar-refractivity contribution < 1.29 is 18.3 Å². The molecule has 0 bridgehead atoms. The van der Waals surface area contributed by atoms with E-state index >= 15 is 0 Å². The standard InChI is InChI=1S/C12H9F3N2O2S/c13-12(14,15)7-1-3-8(4-2-7)17-11(19)5-10(18)9(6-20)16-17/h1-5,18,20H,6H2. The van der Waals surface area contributed by atoms with Crippen molar-refractivity contribution in [2.24, 2.45) is 0 Å². The lowest BCUT2D eigenvalue weighted by molar-refractivity contribution is -0.137. The quantitative estimate of drug-likeness (QED) is 0.838. The summed E-state index contributed by atoms with van der Waals surface area (Å²) in [6.45, 7) is 0. The predicted octanol–water partition coefficient (Wildman–Crippen LogP) is 2.39. The molecular weight excluding hydrogens is 293 g/mol. The van der Waals surface area contributed by atoms with E-state index < -0.39 is 17.3 Å². The maximum atomic E-state index is 12.4. The van der Waals surface area contributed by atoms with Crippen LogP contribution in [-0.2, 0) is 11.9 Å². The van der Waals surface area contributed by atoms with Crippen LogP contribution in [0.5, 0.6) is 5.75 Å². The van der Waals surface area contributed by atoms with Crippen LogP contribution in [0.25, 0.3) is 5.69 Å². The van der Waals surface area contributed by atoms with Gasteiger partial charge >= 0.3 is 6.18 Å². The summed E-state index contributed by atoms with van der Waals surface area (Å²) in [5, 5.41) is 13.3. The number of nitrogens with zero attached hydrogens (tertiary/aromatic N) is 2. The zero-order chi connectivity index (χ0) is 14.9. The Labute approximate surface area is 116 Å². The minimum atomic E-state index is -4.44. The molecule has 4 nitrogen and oxygen atoms in total. The van der Waals surface area contributed by atoms with Crippen LogP contribution < -0.4 is 5.56 Å². The Kier molecular flexibility index (Phi) is 3.76. The number of hydrogen-bond donors (Lipinski definition) is 2. The van der Waals surface area contributed by atoms with Crippen LogP contribution >= 0.6 is 12.6 Å². The van der Waals surface area contributed by atoms with Crippen molar-refractivity contribution in [1.29, 1.82) is 0 Å². The molecule has 8 heteroatoms. The summed E-state index contributed by atoms with van der Waals surface area (Å²) < 4.78 is 38.2. The third-order valence-electron chi connectivity index (χ3n) is 2.57. The molecule has 2 aromatic rings. The molecule has 0 spiro atoms. The predicted molar refractivity (Wildman–Crippen MR) is 69.2 cm³/mol. The Morgan fingerprint density at radius 3 is 2.35 bits per heavy atom. The molecule has 2 rings (SSSR count). The summed E-state index contributed by atoms with van der Waals surface area (Å²) in [4.78, 5) is 11.7. The molecule has 0 aliphatic rings. The second-order valence-corrected chi connectivity index (χ2v) is 4.25. The van der Waals surface area contributed by atoms with Crippen LogP contribution in [0.2, 0.25) is 0 Å². The van der Waals surface area contributed by atoms with E-state index in [0.29, 0.717) is 0 Å². The molecule has 0 amide bonds. The number of halogens is 3. The molecular formula is C12H9F3N2O2S. The third kappa shape index (κ3) is 2.79. The first-order valence-electron chi connectivity index (χ1n) is 5.43. The maximum absolute atomic E-state index is 12.4. The second-order valence-electron chi connectivity index (χ2n) is 3.93. The summed E-state index contributed by atoms with van der Waals surface area (Å²) in [7, 11) is 0. The van der Waals surface area contributed by atoms with Crippen LogP contribution in [0, 0.1) is 0 Å². The van der Waals surface area contributed by atoms with Crippen molar-refractivity contribution >= 4 is 12.6 Å². The molecule has 106 valence electrons. The van der Waals surface area contributed by atoms with Crippen LogP contribution in [0.1, 0.15) is 11.3 Å². The van der Waals surface area contributed by atoms with Crippen molar-refractivity contribution in [3.05, 3.63) is 51.9 Å². The zero-order valence-electron chi connectivity index (χ0n) is 9.92. The van der Waals surface area contributed by atoms with Gasteiger partial charge in [-0.25, -0.2) is 0 Å². The highest BCUT2D eigenvalue weighted by Gasteiger charge is 2.30. The number of rotatable bonds is 2. The fraction of sp³-hybridized carbons (Fsp3) is 0.167. The monoisotopic (exact) mass is 302 g/mol. The van der Waals surface area contributed by atoms with Crippen LogP contribution in [0.4, 0.5) is 13.2 Å². The Balaban J connectivity index is 2.49. The zero-order valence-corrected chi connectivity index (χ0v) is 10.8. The average Bonchev–Trinajstić information content (AvgIpc) is 2.38. The Morgan fingerprint density at radius 1 is 1.25 bits per heavy atom. The second kappa shape index (κ2) is 5.20. The lowest BCUT2D eigenvalue weighted by Crippen LogP contribution is -2.21. The minimum Gasteiger partial charge on any atom is -0.506 e. The molecule has 1 heterocycles. The summed E-state index contributed by atoms with van der Waals surface area (Å²) >= 11 is 3.94. The highest BCUT2D eigenvalue weighted by Crippen LogP contribution is 2.29. The van der Waals surface area contributed by atoms with Gasteiger partial charge in [0.15, 0.2) is 0 Å². The van der Waals surface area contributed by atoms with E-state index in [2.05, 4.69) is 17.7 Å². The molecule has 0 radical (unpaired) electrons. The Bertz CT molecular complexity index is 681. The Hall–Kier alpha value is -1.96. The van der Waals surface area contributed by atoms with E-state index in [9.17, 15) is 23.1 Å². The van der Waals surface area contributed by atoms with E-state index in [1.807, 2.05) is 0 Å². The number of hydrogen-bond acceptors (Lipinski definition) is 4. The first-order valence-corrected chi connectivity index (χ1v) is 6.07. The fourth-order valence-electron chi connectivity index (χ4n) is 1.57. The first-order chi connectivity index (χ1) is 9.32. The fourth-order valence-corrected chi connectivity index (χ4v) is 1.80. The van der Waals surface area contributed by atoms with Crippen molar-refractivity contribution in [3.8, 4) is 11.4 Å². The number of aromatic hydroxyl groups is 1. The van der Waals surface area contributed by atoms with Gasteiger partial charge in [-0.05, 0) is 24.3 Å². The topological polar surface area (TPSA) is 55.1 Å². The molecule has 0 atom stereocenters. The van der Waals surface area contributed by atoms with Gasteiger partial charge in [-0.15, -0.1) is 0 Å². The highest BCUT2D eigenvalue weighted by molar-refractivity contribution is 7.79. The molecule has 0 saturated heterocycles. The van der Waals surface area contributed by atoms with Crippen LogP contribution in [-0.4, -0.2) is 14.9 Å². The molecule has 0 unspecified atom stereocenters. The maximum Gasteiger partial charge on any atom is 0.416 e. The van der Waals surface area contributed by atoms with Crippen molar-refractivity contribution in [2.75, 3.05) is 0 Å². The van der Waals surface area contributed by atoms with Crippen LogP contribution in [0.15, 0.2) is 35.1 Å². The molecule has 0 aliphatic carbocycles. The van der Waals surface area contributed by atoms with Gasteiger partial charge in [-0.1, -0.05) is 0 Å². The normalized spacial score (nSPS) is 11.6. The van der Waals surface area contributed by atoms with E-state index in [1.54, 1.807) is 0 Å². The van der Waals surface area contributed by atoms with Crippen molar-refractivity contribution in [1.82, 2.24) is 9.78 Å². The lowest BCUT2D eigenvalue weighted by atomic mass is 10.2. The molecule has 1 N–H and O–H groups in total. The lowest BCUT2D eigenvalue weighted by Gasteiger charge is -2.09. The van der Waals surface area contributed by atoms with Crippen molar-refractivity contribution in [2.45, 2.75) is 11.9 Å². The third-order valence-corrected chi connectivity index (χ3v) is 2.87. The summed E-state index contributed by atoms with van der Waals surface area (Å²) in [6.07, 6.45) is -4.44. The van der Waals surface area contributed by atoms with Gasteiger partial charge in [0.05, 0.1) is 11.3 Å². The number of benzene rings is 1. The molecule has 1 aromatic carbocycles. The highest BCUT2D eigenvalue weighted by atomic mass is 32.1. The molecule has 0 saturated carbocycles. The number of alkyl halides is 3. The van der Waals surface area contributed by atoms with Gasteiger partial charge in [-0.3, -0.25) is 4.79 Å². The molecule has 1 aromatic heterocycles. The SMILES string of the molecule is O=c1cc(O)c(CS)nn1-c1ccc(C(F)(F)F)cc1. The van der Waals surface area contributed by atoms with Gasteiger partial charge in [0.25, 0.3) is 5.56 Å². The van der Waals surface area contributed by atoms with Gasteiger partial charge in [-0.2, -0.15) is 35.6 Å². The molecule has 0 fully saturated rings. The van der Waals surface area contributed by atoms with E-state index in [-0.39, 0.29) is 22.9 Å². The first kappa shape index (κ1) is 14.4. The molecule has 0 aliphatic heterocycles. The smallest absolute Gasteiger partial charge is 0.416 e. The summed E-state index contributed by atoms with van der Waals surface area (Å²) in [6, 6.07) is 4.93. The van der Waals surface area contributed by atoms with E-state index in [1.165, 1.54) is 0 Å². The van der Waals surface area contributed by atoms with E-state index in [4.69, 9.17) is 0 Å². The summed E-state index contributed by atoms with van der Waals surface area (Å²) in [5.74, 6) is -0.208. The van der Waals surface area contributed by atoms with Crippen LogP contribution in [0.3, 0.4) is 0 Å². The van der Waals surface area contributed by atoms with E-state index in [0.717, 1.165) is 35.0 Å². The molecule has 20 heavy (non-hydrogen) atoms. The number of aromatic nitrogens is 2. The minimum absolute atomic E-state index is 0.0900. The number of thiol groups is 1. The van der Waals surface area contributed by atoms with Gasteiger partial charge < -0.3 is 5.11 Å². The summed E-state index contributed by atoms with van der Waals surface area (Å²) in [5.41, 5.74) is -1.13. The van der Waals surface area contributed by atoms with Gasteiger partial charge in [0.1, 0.15) is 11.4 Å². The van der Waals surface area contributed by atoms with Crippen molar-refractivity contribution in [3.63, 3.8) is 0 Å². The Morgan fingerprint density at radius 2 is 1.85 bits per heavy atom.